The zero-order valence-corrected chi connectivity index (χ0v) is 14.3. The van der Waals surface area contributed by atoms with Crippen molar-refractivity contribution >= 4 is 15.9 Å². The Bertz CT molecular complexity index is 400. The van der Waals surface area contributed by atoms with Crippen molar-refractivity contribution in [3.8, 4) is 0 Å². The highest BCUT2D eigenvalue weighted by Gasteiger charge is 2.18. The van der Waals surface area contributed by atoms with Gasteiger partial charge in [0.15, 0.2) is 0 Å². The van der Waals surface area contributed by atoms with Gasteiger partial charge < -0.3 is 10.2 Å². The second kappa shape index (κ2) is 8.16. The van der Waals surface area contributed by atoms with Crippen LogP contribution >= 0.6 is 15.9 Å². The molecule has 1 heterocycles. The molecule has 0 aromatic heterocycles. The van der Waals surface area contributed by atoms with Crippen LogP contribution < -0.4 is 5.32 Å². The third-order valence-corrected chi connectivity index (χ3v) is 5.11. The lowest BCUT2D eigenvalue weighted by Crippen LogP contribution is -2.35. The average molecular weight is 339 g/mol. The molecule has 112 valence electrons. The highest BCUT2D eigenvalue weighted by Crippen LogP contribution is 2.23. The van der Waals surface area contributed by atoms with E-state index < -0.39 is 0 Å². The lowest BCUT2D eigenvalue weighted by molar-refractivity contribution is 0.175. The molecule has 1 aliphatic heterocycles. The van der Waals surface area contributed by atoms with Gasteiger partial charge in [0.1, 0.15) is 0 Å². The zero-order chi connectivity index (χ0) is 14.4. The molecule has 0 amide bonds. The molecule has 20 heavy (non-hydrogen) atoms. The molecule has 1 aliphatic rings. The van der Waals surface area contributed by atoms with Crippen LogP contribution in [0.4, 0.5) is 0 Å². The highest BCUT2D eigenvalue weighted by atomic mass is 79.9. The van der Waals surface area contributed by atoms with Gasteiger partial charge in [0, 0.05) is 10.5 Å². The van der Waals surface area contributed by atoms with E-state index in [4.69, 9.17) is 0 Å². The fraction of sp³-hybridized carbons (Fsp3) is 0.647. The fourth-order valence-corrected chi connectivity index (χ4v) is 3.55. The normalized spacial score (nSPS) is 19.1. The Hall–Kier alpha value is -0.380. The van der Waals surface area contributed by atoms with Gasteiger partial charge in [0.25, 0.3) is 0 Å². The minimum Gasteiger partial charge on any atom is -0.313 e. The Morgan fingerprint density at radius 3 is 2.70 bits per heavy atom. The van der Waals surface area contributed by atoms with Gasteiger partial charge in [-0.3, -0.25) is 0 Å². The lowest BCUT2D eigenvalue weighted by atomic mass is 9.94. The van der Waals surface area contributed by atoms with Crippen molar-refractivity contribution in [2.75, 3.05) is 26.7 Å². The van der Waals surface area contributed by atoms with Crippen molar-refractivity contribution in [3.63, 3.8) is 0 Å². The van der Waals surface area contributed by atoms with Gasteiger partial charge in [-0.2, -0.15) is 0 Å². The number of nitrogens with zero attached hydrogens (tertiary/aromatic N) is 1. The largest absolute Gasteiger partial charge is 0.313 e. The van der Waals surface area contributed by atoms with Gasteiger partial charge in [-0.05, 0) is 69.6 Å². The number of piperidine rings is 1. The van der Waals surface area contributed by atoms with E-state index in [0.29, 0.717) is 6.04 Å². The van der Waals surface area contributed by atoms with Crippen molar-refractivity contribution in [1.82, 2.24) is 10.2 Å². The number of nitrogens with one attached hydrogen (secondary N) is 1. The van der Waals surface area contributed by atoms with Crippen LogP contribution in [0.25, 0.3) is 0 Å². The first-order chi connectivity index (χ1) is 9.72. The van der Waals surface area contributed by atoms with Crippen LogP contribution in [0.2, 0.25) is 0 Å². The van der Waals surface area contributed by atoms with E-state index in [9.17, 15) is 0 Å². The lowest BCUT2D eigenvalue weighted by Gasteiger charge is -2.32. The monoisotopic (exact) mass is 338 g/mol. The molecule has 0 spiro atoms. The minimum absolute atomic E-state index is 0.455. The molecule has 1 N–H and O–H groups in total. The molecule has 0 saturated carbocycles. The summed E-state index contributed by atoms with van der Waals surface area (Å²) >= 11 is 3.56. The summed E-state index contributed by atoms with van der Waals surface area (Å²) < 4.78 is 1.17. The average Bonchev–Trinajstić information content (AvgIpc) is 2.48. The van der Waals surface area contributed by atoms with Crippen LogP contribution in [0, 0.1) is 5.92 Å². The first kappa shape index (κ1) is 16.0. The third-order valence-electron chi connectivity index (χ3n) is 4.62. The summed E-state index contributed by atoms with van der Waals surface area (Å²) in [4.78, 5) is 2.63. The van der Waals surface area contributed by atoms with Crippen LogP contribution in [0.15, 0.2) is 28.7 Å². The molecule has 2 rings (SSSR count). The molecule has 1 aromatic carbocycles. The van der Waals surface area contributed by atoms with Crippen LogP contribution in [0.1, 0.15) is 44.2 Å². The quantitative estimate of drug-likeness (QED) is 0.835. The number of halogens is 1. The van der Waals surface area contributed by atoms with E-state index in [-0.39, 0.29) is 0 Å². The maximum Gasteiger partial charge on any atom is 0.0330 e. The van der Waals surface area contributed by atoms with Crippen LogP contribution in [-0.4, -0.2) is 31.6 Å². The van der Waals surface area contributed by atoms with E-state index >= 15 is 0 Å². The zero-order valence-electron chi connectivity index (χ0n) is 12.7. The first-order valence-corrected chi connectivity index (χ1v) is 8.67. The molecule has 3 heteroatoms. The standard InChI is InChI=1S/C17H27BrN2/c1-3-14-7-10-20(11-8-14)12-9-17(19-2)15-5-4-6-16(18)13-15/h4-6,13-14,17,19H,3,7-12H2,1-2H3. The van der Waals surface area contributed by atoms with Crippen molar-refractivity contribution in [1.29, 1.82) is 0 Å². The molecule has 1 saturated heterocycles. The Balaban J connectivity index is 1.82. The van der Waals surface area contributed by atoms with Gasteiger partial charge in [-0.1, -0.05) is 41.4 Å². The number of likely N-dealkylation sites (tertiary alicyclic amines) is 1. The number of hydrogen-bond donors (Lipinski definition) is 1. The van der Waals surface area contributed by atoms with Crippen molar-refractivity contribution in [2.24, 2.45) is 5.92 Å². The van der Waals surface area contributed by atoms with E-state index in [0.717, 1.165) is 5.92 Å². The van der Waals surface area contributed by atoms with Crippen LogP contribution in [-0.2, 0) is 0 Å². The van der Waals surface area contributed by atoms with Crippen LogP contribution in [0.5, 0.6) is 0 Å². The number of hydrogen-bond acceptors (Lipinski definition) is 2. The minimum atomic E-state index is 0.455. The van der Waals surface area contributed by atoms with E-state index in [1.165, 1.54) is 55.4 Å². The molecule has 2 nitrogen and oxygen atoms in total. The van der Waals surface area contributed by atoms with Gasteiger partial charge in [0.05, 0.1) is 0 Å². The summed E-state index contributed by atoms with van der Waals surface area (Å²) in [7, 11) is 2.06. The topological polar surface area (TPSA) is 15.3 Å². The maximum atomic E-state index is 3.56. The van der Waals surface area contributed by atoms with Gasteiger partial charge in [0.2, 0.25) is 0 Å². The Morgan fingerprint density at radius 2 is 2.10 bits per heavy atom. The summed E-state index contributed by atoms with van der Waals surface area (Å²) in [5.74, 6) is 0.969. The second-order valence-corrected chi connectivity index (χ2v) is 6.79. The number of benzene rings is 1. The summed E-state index contributed by atoms with van der Waals surface area (Å²) in [5, 5.41) is 3.46. The van der Waals surface area contributed by atoms with Crippen molar-refractivity contribution < 1.29 is 0 Å². The van der Waals surface area contributed by atoms with Crippen molar-refractivity contribution in [2.45, 2.75) is 38.6 Å². The predicted octanol–water partition coefficient (Wildman–Crippen LogP) is 4.22. The molecular formula is C17H27BrN2. The molecule has 1 atom stereocenters. The van der Waals surface area contributed by atoms with Gasteiger partial charge >= 0.3 is 0 Å². The molecule has 0 bridgehead atoms. The Morgan fingerprint density at radius 1 is 1.35 bits per heavy atom. The summed E-state index contributed by atoms with van der Waals surface area (Å²) in [6, 6.07) is 9.11. The van der Waals surface area contributed by atoms with Crippen molar-refractivity contribution in [3.05, 3.63) is 34.3 Å². The SMILES string of the molecule is CCC1CCN(CCC(NC)c2cccc(Br)c2)CC1. The van der Waals surface area contributed by atoms with Gasteiger partial charge in [-0.15, -0.1) is 0 Å². The molecule has 1 unspecified atom stereocenters. The summed E-state index contributed by atoms with van der Waals surface area (Å²) in [6.07, 6.45) is 5.31. The predicted molar refractivity (Wildman–Crippen MR) is 90.0 cm³/mol. The highest BCUT2D eigenvalue weighted by molar-refractivity contribution is 9.10. The van der Waals surface area contributed by atoms with E-state index in [1.807, 2.05) is 0 Å². The Labute approximate surface area is 132 Å². The molecule has 0 radical (unpaired) electrons. The first-order valence-electron chi connectivity index (χ1n) is 7.88. The third kappa shape index (κ3) is 4.57. The smallest absolute Gasteiger partial charge is 0.0330 e. The van der Waals surface area contributed by atoms with Gasteiger partial charge in [-0.25, -0.2) is 0 Å². The summed E-state index contributed by atoms with van der Waals surface area (Å²) in [6.45, 7) is 6.10. The fourth-order valence-electron chi connectivity index (χ4n) is 3.13. The van der Waals surface area contributed by atoms with Crippen LogP contribution in [0.3, 0.4) is 0 Å². The van der Waals surface area contributed by atoms with E-state index in [1.54, 1.807) is 0 Å². The van der Waals surface area contributed by atoms with E-state index in [2.05, 4.69) is 64.4 Å². The summed E-state index contributed by atoms with van der Waals surface area (Å²) in [5.41, 5.74) is 1.38. The molecule has 1 fully saturated rings. The molecule has 0 aliphatic carbocycles. The maximum absolute atomic E-state index is 3.56. The molecule has 1 aromatic rings. The second-order valence-electron chi connectivity index (χ2n) is 5.88. The molecular weight excluding hydrogens is 312 g/mol. The number of rotatable bonds is 6. The Kier molecular flexibility index (Phi) is 6.53.